The van der Waals surface area contributed by atoms with E-state index in [9.17, 15) is 4.91 Å². The van der Waals surface area contributed by atoms with Gasteiger partial charge in [0.1, 0.15) is 0 Å². The molecule has 0 saturated heterocycles. The molecule has 4 aliphatic rings. The van der Waals surface area contributed by atoms with Gasteiger partial charge in [-0.25, -0.2) is 0 Å². The fourth-order valence-electron chi connectivity index (χ4n) is 6.53. The van der Waals surface area contributed by atoms with E-state index in [1.54, 1.807) is 0 Å². The molecule has 0 aromatic rings. The summed E-state index contributed by atoms with van der Waals surface area (Å²) in [5, 5.41) is 0. The van der Waals surface area contributed by atoms with Crippen molar-refractivity contribution in [3.8, 4) is 0 Å². The zero-order chi connectivity index (χ0) is 14.0. The predicted octanol–water partition coefficient (Wildman–Crippen LogP) is 4.54. The summed E-state index contributed by atoms with van der Waals surface area (Å²) < 4.78 is 1.16. The lowest BCUT2D eigenvalue weighted by atomic mass is 9.47. The summed E-state index contributed by atoms with van der Waals surface area (Å²) >= 11 is 0. The van der Waals surface area contributed by atoms with Gasteiger partial charge < -0.3 is 0 Å². The Hall–Kier alpha value is -0.660. The summed E-state index contributed by atoms with van der Waals surface area (Å²) in [6.07, 6.45) is 14.0. The molecule has 6 atom stereocenters. The molecule has 0 spiro atoms. The molecule has 2 nitrogen and oxygen atoms in total. The van der Waals surface area contributed by atoms with Crippen LogP contribution in [0.4, 0.5) is 0 Å². The van der Waals surface area contributed by atoms with Crippen molar-refractivity contribution in [1.82, 2.24) is 0 Å². The van der Waals surface area contributed by atoms with Crippen LogP contribution in [-0.4, -0.2) is 11.3 Å². The van der Waals surface area contributed by atoms with Crippen LogP contribution < -0.4 is 0 Å². The molecular weight excluding hydrogens is 246 g/mol. The molecule has 110 valence electrons. The normalized spacial score (nSPS) is 54.2. The van der Waals surface area contributed by atoms with Crippen molar-refractivity contribution >= 4 is 0 Å². The minimum atomic E-state index is 0.299. The highest BCUT2D eigenvalue weighted by molar-refractivity contribution is 5.12. The van der Waals surface area contributed by atoms with Gasteiger partial charge in [-0.3, -0.25) is 0 Å². The van der Waals surface area contributed by atoms with Crippen LogP contribution in [0.25, 0.3) is 0 Å². The fourth-order valence-corrected chi connectivity index (χ4v) is 6.53. The molecule has 20 heavy (non-hydrogen) atoms. The smallest absolute Gasteiger partial charge is 0.0594 e. The largest absolute Gasteiger partial charge is 0.217 e. The maximum atomic E-state index is 11.7. The number of nitrogens with zero attached hydrogens (tertiary/aromatic N) is 1. The summed E-state index contributed by atoms with van der Waals surface area (Å²) in [6.45, 7) is 5.75. The van der Waals surface area contributed by atoms with Crippen LogP contribution in [0.5, 0.6) is 0 Å². The van der Waals surface area contributed by atoms with Crippen LogP contribution in [0.3, 0.4) is 0 Å². The Morgan fingerprint density at radius 1 is 1.05 bits per heavy atom. The molecule has 3 aliphatic carbocycles. The third-order valence-electron chi connectivity index (χ3n) is 7.75. The molecule has 3 saturated carbocycles. The topological polar surface area (TPSA) is 20.1 Å². The second kappa shape index (κ2) is 4.18. The first kappa shape index (κ1) is 13.0. The SMILES string of the molecule is C[C@@]12CCC[C@H]1[C@@H]1CC[C@H]3C[N+](=O)C=C[C@]3(C)[C@H]1CC2. The molecular formula is C18H28NO+. The second-order valence-corrected chi connectivity index (χ2v) is 8.52. The molecule has 0 radical (unpaired) electrons. The predicted molar refractivity (Wildman–Crippen MR) is 80.1 cm³/mol. The van der Waals surface area contributed by atoms with Crippen molar-refractivity contribution in [1.29, 1.82) is 0 Å². The molecule has 0 aromatic heterocycles. The second-order valence-electron chi connectivity index (χ2n) is 8.52. The molecule has 0 N–H and O–H groups in total. The van der Waals surface area contributed by atoms with Crippen LogP contribution in [0.15, 0.2) is 12.3 Å². The van der Waals surface area contributed by atoms with Crippen molar-refractivity contribution in [2.24, 2.45) is 34.5 Å². The van der Waals surface area contributed by atoms with E-state index in [1.807, 2.05) is 6.20 Å². The summed E-state index contributed by atoms with van der Waals surface area (Å²) in [5.41, 5.74) is 0.945. The Bertz CT molecular complexity index is 470. The van der Waals surface area contributed by atoms with Crippen molar-refractivity contribution in [2.45, 2.75) is 58.8 Å². The van der Waals surface area contributed by atoms with Gasteiger partial charge in [-0.1, -0.05) is 20.3 Å². The minimum absolute atomic E-state index is 0.299. The molecule has 2 heteroatoms. The van der Waals surface area contributed by atoms with Gasteiger partial charge in [-0.2, -0.15) is 0 Å². The Kier molecular flexibility index (Phi) is 2.72. The van der Waals surface area contributed by atoms with Crippen LogP contribution in [0, 0.1) is 39.4 Å². The van der Waals surface area contributed by atoms with Gasteiger partial charge in [0.05, 0.1) is 0 Å². The fraction of sp³-hybridized carbons (Fsp3) is 0.889. The lowest BCUT2D eigenvalue weighted by Gasteiger charge is -2.57. The lowest BCUT2D eigenvalue weighted by Crippen LogP contribution is -2.52. The van der Waals surface area contributed by atoms with Crippen molar-refractivity contribution < 1.29 is 4.76 Å². The Balaban J connectivity index is 1.68. The molecule has 4 rings (SSSR count). The molecule has 0 unspecified atom stereocenters. The maximum absolute atomic E-state index is 11.7. The standard InChI is InChI=1S/C18H28NO/c1-17-8-3-4-15(17)14-6-5-13-12-19(20)11-10-18(13,2)16(14)7-9-17/h10-11,13-16H,3-9,12H2,1-2H3/q+1/t13-,14-,15-,16-,17-,18-/m0/s1. The first-order chi connectivity index (χ1) is 9.53. The monoisotopic (exact) mass is 274 g/mol. The highest BCUT2D eigenvalue weighted by Crippen LogP contribution is 2.64. The molecule has 0 aromatic carbocycles. The number of fused-ring (bicyclic) bond motifs is 5. The van der Waals surface area contributed by atoms with E-state index >= 15 is 0 Å². The van der Waals surface area contributed by atoms with E-state index in [0.717, 1.165) is 29.1 Å². The minimum Gasteiger partial charge on any atom is -0.0594 e. The first-order valence-corrected chi connectivity index (χ1v) is 8.66. The molecule has 0 amide bonds. The zero-order valence-corrected chi connectivity index (χ0v) is 13.0. The van der Waals surface area contributed by atoms with E-state index in [4.69, 9.17) is 0 Å². The lowest BCUT2D eigenvalue weighted by molar-refractivity contribution is -0.500. The summed E-state index contributed by atoms with van der Waals surface area (Å²) in [5.74, 6) is 3.33. The molecule has 1 aliphatic heterocycles. The van der Waals surface area contributed by atoms with Crippen molar-refractivity contribution in [2.75, 3.05) is 6.54 Å². The highest BCUT2D eigenvalue weighted by atomic mass is 16.3. The summed E-state index contributed by atoms with van der Waals surface area (Å²) in [6, 6.07) is 0. The van der Waals surface area contributed by atoms with Gasteiger partial charge in [0.25, 0.3) is 0 Å². The summed E-state index contributed by atoms with van der Waals surface area (Å²) in [7, 11) is 0. The van der Waals surface area contributed by atoms with E-state index in [1.165, 1.54) is 44.9 Å². The van der Waals surface area contributed by atoms with Crippen LogP contribution >= 0.6 is 0 Å². The molecule has 0 bridgehead atoms. The van der Waals surface area contributed by atoms with E-state index in [2.05, 4.69) is 19.9 Å². The highest BCUT2D eigenvalue weighted by Gasteiger charge is 2.58. The molecule has 3 fully saturated rings. The summed E-state index contributed by atoms with van der Waals surface area (Å²) in [4.78, 5) is 11.7. The van der Waals surface area contributed by atoms with Crippen LogP contribution in [-0.2, 0) is 0 Å². The quantitative estimate of drug-likeness (QED) is 0.594. The van der Waals surface area contributed by atoms with Crippen LogP contribution in [0.1, 0.15) is 58.8 Å². The molecule has 1 heterocycles. The third kappa shape index (κ3) is 1.63. The average Bonchev–Trinajstić information content (AvgIpc) is 2.81. The van der Waals surface area contributed by atoms with Gasteiger partial charge in [0.15, 0.2) is 0 Å². The van der Waals surface area contributed by atoms with Crippen molar-refractivity contribution in [3.05, 3.63) is 17.2 Å². The maximum Gasteiger partial charge on any atom is 0.217 e. The van der Waals surface area contributed by atoms with Gasteiger partial charge in [-0.15, -0.1) is 0 Å². The number of hydrogen-bond donors (Lipinski definition) is 0. The zero-order valence-electron chi connectivity index (χ0n) is 13.0. The third-order valence-corrected chi connectivity index (χ3v) is 7.75. The number of allylic oxidation sites excluding steroid dienone is 1. The van der Waals surface area contributed by atoms with Gasteiger partial charge >= 0.3 is 0 Å². The Morgan fingerprint density at radius 3 is 2.75 bits per heavy atom. The van der Waals surface area contributed by atoms with Gasteiger partial charge in [-0.05, 0) is 67.8 Å². The van der Waals surface area contributed by atoms with Gasteiger partial charge in [0.2, 0.25) is 12.7 Å². The number of rotatable bonds is 0. The van der Waals surface area contributed by atoms with Crippen LogP contribution in [0.2, 0.25) is 0 Å². The Labute approximate surface area is 122 Å². The number of hydrogen-bond acceptors (Lipinski definition) is 1. The van der Waals surface area contributed by atoms with E-state index in [-0.39, 0.29) is 0 Å². The van der Waals surface area contributed by atoms with E-state index < -0.39 is 0 Å². The Morgan fingerprint density at radius 2 is 1.90 bits per heavy atom. The number of nitroso groups, excluding NO2 is 1. The van der Waals surface area contributed by atoms with E-state index in [0.29, 0.717) is 16.7 Å². The van der Waals surface area contributed by atoms with Crippen molar-refractivity contribution in [3.63, 3.8) is 0 Å². The van der Waals surface area contributed by atoms with Gasteiger partial charge in [0, 0.05) is 21.0 Å². The first-order valence-electron chi connectivity index (χ1n) is 8.66. The average molecular weight is 274 g/mol.